The maximum atomic E-state index is 12.0. The topological polar surface area (TPSA) is 115 Å². The Kier molecular flexibility index (Phi) is 21.7. The summed E-state index contributed by atoms with van der Waals surface area (Å²) in [7, 11) is 0. The third kappa shape index (κ3) is 28.3. The Bertz CT molecular complexity index is 837. The van der Waals surface area contributed by atoms with Gasteiger partial charge in [0, 0.05) is 36.4 Å². The van der Waals surface area contributed by atoms with Crippen LogP contribution in [0.15, 0.2) is 0 Å². The predicted molar refractivity (Wildman–Crippen MR) is 188 cm³/mol. The number of carbonyl (C=O) groups is 3. The summed E-state index contributed by atoms with van der Waals surface area (Å²) in [5.41, 5.74) is -0.691. The number of hydrogen-bond acceptors (Lipinski definition) is 6. The Morgan fingerprint density at radius 1 is 0.533 bits per heavy atom. The monoisotopic (exact) mass is 646 g/mol. The van der Waals surface area contributed by atoms with Crippen molar-refractivity contribution in [2.24, 2.45) is 16.7 Å². The van der Waals surface area contributed by atoms with Crippen LogP contribution in [0.2, 0.25) is 0 Å². The quantitative estimate of drug-likeness (QED) is 0.222. The van der Waals surface area contributed by atoms with Crippen LogP contribution in [0.3, 0.4) is 0 Å². The first-order chi connectivity index (χ1) is 19.9. The molecule has 0 saturated heterocycles. The van der Waals surface area contributed by atoms with Crippen LogP contribution in [0.5, 0.6) is 0 Å². The van der Waals surface area contributed by atoms with Gasteiger partial charge in [0.05, 0.1) is 0 Å². The molecule has 0 aliphatic heterocycles. The Morgan fingerprint density at radius 3 is 1.18 bits per heavy atom. The molecule has 0 aromatic heterocycles. The summed E-state index contributed by atoms with van der Waals surface area (Å²) in [4.78, 5) is 35.7. The normalized spacial score (nSPS) is 14.6. The lowest BCUT2D eigenvalue weighted by molar-refractivity contribution is -0.141. The summed E-state index contributed by atoms with van der Waals surface area (Å²) in [6.07, 6.45) is -0.326. The zero-order valence-corrected chi connectivity index (χ0v) is 33.1. The fraction of sp³-hybridized carbons (Fsp3) is 0.917. The Hall–Kier alpha value is -1.71. The zero-order valence-electron chi connectivity index (χ0n) is 33.1. The van der Waals surface area contributed by atoms with Crippen LogP contribution in [0.25, 0.3) is 0 Å². The molecule has 0 aliphatic carbocycles. The molecule has 0 bridgehead atoms. The van der Waals surface area contributed by atoms with Crippen LogP contribution in [0.1, 0.15) is 145 Å². The van der Waals surface area contributed by atoms with E-state index in [9.17, 15) is 14.4 Å². The van der Waals surface area contributed by atoms with Gasteiger partial charge in [0.25, 0.3) is 0 Å². The van der Waals surface area contributed by atoms with Crippen molar-refractivity contribution in [2.45, 2.75) is 180 Å². The average molecular weight is 646 g/mol. The van der Waals surface area contributed by atoms with Crippen molar-refractivity contribution in [1.29, 1.82) is 0 Å². The van der Waals surface area contributed by atoms with Crippen molar-refractivity contribution < 1.29 is 28.6 Å². The molecule has 0 spiro atoms. The highest BCUT2D eigenvalue weighted by Crippen LogP contribution is 2.24. The summed E-state index contributed by atoms with van der Waals surface area (Å²) >= 11 is 0. The van der Waals surface area contributed by atoms with E-state index in [4.69, 9.17) is 14.2 Å². The summed E-state index contributed by atoms with van der Waals surface area (Å²) in [5.74, 6) is 0.146. The number of amides is 3. The first-order valence-electron chi connectivity index (χ1n) is 16.7. The second-order valence-corrected chi connectivity index (χ2v) is 17.2. The molecule has 9 nitrogen and oxygen atoms in total. The lowest BCUT2D eigenvalue weighted by Gasteiger charge is -2.32. The first-order valence-corrected chi connectivity index (χ1v) is 16.7. The highest BCUT2D eigenvalue weighted by molar-refractivity contribution is 5.82. The lowest BCUT2D eigenvalue weighted by atomic mass is 9.88. The number of hydrogen-bond donors (Lipinski definition) is 3. The van der Waals surface area contributed by atoms with Gasteiger partial charge in [-0.2, -0.15) is 0 Å². The smallest absolute Gasteiger partial charge is 0.250 e. The average Bonchev–Trinajstić information content (AvgIpc) is 2.76. The van der Waals surface area contributed by atoms with Crippen LogP contribution in [-0.4, -0.2) is 72.5 Å². The molecule has 9 heteroatoms. The molecule has 0 aliphatic rings. The number of ether oxygens (including phenoxy) is 3. The van der Waals surface area contributed by atoms with Gasteiger partial charge in [0.2, 0.25) is 17.7 Å². The van der Waals surface area contributed by atoms with Crippen molar-refractivity contribution in [2.75, 3.05) is 19.8 Å². The highest BCUT2D eigenvalue weighted by Gasteiger charge is 2.33. The van der Waals surface area contributed by atoms with Gasteiger partial charge in [0.1, 0.15) is 18.3 Å². The predicted octanol–water partition coefficient (Wildman–Crippen LogP) is 7.06. The molecular weight excluding hydrogens is 570 g/mol. The van der Waals surface area contributed by atoms with Crippen molar-refractivity contribution >= 4 is 17.7 Å². The van der Waals surface area contributed by atoms with E-state index in [2.05, 4.69) is 36.7 Å². The number of nitrogens with one attached hydrogen (secondary N) is 3. The molecule has 0 radical (unpaired) electrons. The highest BCUT2D eigenvalue weighted by atomic mass is 16.5. The van der Waals surface area contributed by atoms with E-state index in [-0.39, 0.29) is 69.4 Å². The van der Waals surface area contributed by atoms with E-state index in [1.54, 1.807) is 0 Å². The van der Waals surface area contributed by atoms with E-state index < -0.39 is 0 Å². The fourth-order valence-electron chi connectivity index (χ4n) is 3.95. The van der Waals surface area contributed by atoms with Crippen molar-refractivity contribution in [1.82, 2.24) is 16.0 Å². The third-order valence-electron chi connectivity index (χ3n) is 5.52. The first kappa shape index (κ1) is 47.7. The molecule has 45 heavy (non-hydrogen) atoms. The molecule has 270 valence electrons. The van der Waals surface area contributed by atoms with Gasteiger partial charge in [-0.05, 0) is 106 Å². The lowest BCUT2D eigenvalue weighted by Crippen LogP contribution is -2.50. The molecule has 0 fully saturated rings. The molecule has 3 unspecified atom stereocenters. The molecule has 0 aromatic carbocycles. The third-order valence-corrected chi connectivity index (χ3v) is 5.52. The molecular formula is C36H75N3O6. The van der Waals surface area contributed by atoms with Gasteiger partial charge in [-0.25, -0.2) is 0 Å². The van der Waals surface area contributed by atoms with Gasteiger partial charge in [-0.15, -0.1) is 0 Å². The molecule has 0 heterocycles. The Morgan fingerprint density at radius 2 is 0.889 bits per heavy atom. The summed E-state index contributed by atoms with van der Waals surface area (Å²) in [5, 5.41) is 8.83. The summed E-state index contributed by atoms with van der Waals surface area (Å²) in [6, 6.07) is 0. The minimum atomic E-state index is -0.387. The van der Waals surface area contributed by atoms with Crippen molar-refractivity contribution in [3.05, 3.63) is 0 Å². The molecule has 3 atom stereocenters. The van der Waals surface area contributed by atoms with Gasteiger partial charge in [0.15, 0.2) is 0 Å². The van der Waals surface area contributed by atoms with Crippen LogP contribution in [0, 0.1) is 16.7 Å². The number of rotatable bonds is 11. The summed E-state index contributed by atoms with van der Waals surface area (Å²) < 4.78 is 16.4. The van der Waals surface area contributed by atoms with Gasteiger partial charge < -0.3 is 30.2 Å². The molecule has 0 saturated carbocycles. The zero-order chi connectivity index (χ0) is 36.6. The second kappa shape index (κ2) is 20.5. The van der Waals surface area contributed by atoms with E-state index in [1.165, 1.54) is 0 Å². The largest absolute Gasteiger partial charge is 0.369 e. The van der Waals surface area contributed by atoms with E-state index in [1.807, 2.05) is 118 Å². The van der Waals surface area contributed by atoms with Crippen molar-refractivity contribution in [3.8, 4) is 0 Å². The van der Waals surface area contributed by atoms with E-state index in [0.717, 1.165) is 6.42 Å². The fourth-order valence-corrected chi connectivity index (χ4v) is 3.95. The SMILES string of the molecule is CCOC(C(=O)NC(C)(C)C)C(C)(C)C.CCOC(C(=O)NC(C)(C)C)C(C)C.CCOC(CC(C)(C)C)C(=O)NC(C)(C)C. The standard InChI is InChI=1S/C13H27NO2.C12H25NO2.C11H23NO2/c1-8-16-10(9-12(2,3)4)11(15)14-13(5,6)7;1-8-15-9(11(2,3)4)10(14)13-12(5,6)7;1-7-14-9(8(2)3)10(13)12-11(4,5)6/h10H,8-9H2,1-7H3,(H,14,15);9H,8H2,1-7H3,(H,13,14);8-9H,7H2,1-6H3,(H,12,13). The van der Waals surface area contributed by atoms with Crippen LogP contribution >= 0.6 is 0 Å². The minimum Gasteiger partial charge on any atom is -0.369 e. The van der Waals surface area contributed by atoms with Gasteiger partial charge in [-0.1, -0.05) is 55.4 Å². The van der Waals surface area contributed by atoms with E-state index >= 15 is 0 Å². The molecule has 3 N–H and O–H groups in total. The molecule has 0 aromatic rings. The Balaban J connectivity index is -0.000000589. The maximum absolute atomic E-state index is 12.0. The van der Waals surface area contributed by atoms with Gasteiger partial charge in [-0.3, -0.25) is 14.4 Å². The van der Waals surface area contributed by atoms with Crippen LogP contribution in [0.4, 0.5) is 0 Å². The van der Waals surface area contributed by atoms with E-state index in [0.29, 0.717) is 19.8 Å². The van der Waals surface area contributed by atoms with Gasteiger partial charge >= 0.3 is 0 Å². The Labute approximate surface area is 278 Å². The summed E-state index contributed by atoms with van der Waals surface area (Å²) in [6.45, 7) is 41.5. The van der Waals surface area contributed by atoms with Crippen molar-refractivity contribution in [3.63, 3.8) is 0 Å². The van der Waals surface area contributed by atoms with Crippen LogP contribution in [-0.2, 0) is 28.6 Å². The minimum absolute atomic E-state index is 0.00993. The molecule has 0 rings (SSSR count). The molecule has 3 amide bonds. The maximum Gasteiger partial charge on any atom is 0.250 e. The second-order valence-electron chi connectivity index (χ2n) is 17.2. The van der Waals surface area contributed by atoms with Crippen LogP contribution < -0.4 is 16.0 Å². The number of carbonyl (C=O) groups excluding carboxylic acids is 3.